The number of nitrogens with zero attached hydrogens (tertiary/aromatic N) is 1. The van der Waals surface area contributed by atoms with Crippen molar-refractivity contribution >= 4 is 46.8 Å². The topological polar surface area (TPSA) is 49.4 Å². The molecule has 0 bridgehead atoms. The number of benzene rings is 3. The van der Waals surface area contributed by atoms with Crippen LogP contribution in [0.3, 0.4) is 0 Å². The molecule has 0 aromatic heterocycles. The lowest BCUT2D eigenvalue weighted by atomic mass is 9.94. The standard InChI is InChI=1S/C30H32Cl2N2O2S/c31-26-17-16-23(18-27(26)32)20-34(29(35)21-37-25-14-8-3-9-15-25)28(19-22-10-4-1-5-11-22)30(36)33-24-12-6-2-7-13-24/h1,3-5,8-11,14-18,24,28H,2,6-7,12-13,19-21H2,(H,33,36)/t28-/m1/s1. The van der Waals surface area contributed by atoms with E-state index in [1.54, 1.807) is 17.0 Å². The van der Waals surface area contributed by atoms with Crippen molar-refractivity contribution in [1.29, 1.82) is 0 Å². The maximum atomic E-state index is 13.8. The molecule has 1 aliphatic rings. The van der Waals surface area contributed by atoms with Gasteiger partial charge in [-0.1, -0.05) is 97.1 Å². The molecule has 2 amide bonds. The van der Waals surface area contributed by atoms with Crippen molar-refractivity contribution in [2.45, 2.75) is 62.0 Å². The molecule has 7 heteroatoms. The summed E-state index contributed by atoms with van der Waals surface area (Å²) in [7, 11) is 0. The van der Waals surface area contributed by atoms with E-state index in [-0.39, 0.29) is 30.2 Å². The van der Waals surface area contributed by atoms with Crippen molar-refractivity contribution in [3.05, 3.63) is 100 Å². The quantitative estimate of drug-likeness (QED) is 0.270. The molecule has 4 rings (SSSR count). The van der Waals surface area contributed by atoms with Gasteiger partial charge < -0.3 is 10.2 Å². The van der Waals surface area contributed by atoms with E-state index < -0.39 is 6.04 Å². The zero-order chi connectivity index (χ0) is 26.0. The molecule has 1 aliphatic carbocycles. The number of nitrogens with one attached hydrogen (secondary N) is 1. The molecule has 0 radical (unpaired) electrons. The van der Waals surface area contributed by atoms with Gasteiger partial charge in [0.25, 0.3) is 0 Å². The smallest absolute Gasteiger partial charge is 0.243 e. The molecule has 0 heterocycles. The molecule has 1 fully saturated rings. The van der Waals surface area contributed by atoms with Crippen LogP contribution in [0.25, 0.3) is 0 Å². The van der Waals surface area contributed by atoms with E-state index in [0.29, 0.717) is 16.5 Å². The molecule has 4 nitrogen and oxygen atoms in total. The number of carbonyl (C=O) groups is 2. The highest BCUT2D eigenvalue weighted by atomic mass is 35.5. The molecule has 0 spiro atoms. The average molecular weight is 556 g/mol. The predicted octanol–water partition coefficient (Wildman–Crippen LogP) is 7.17. The normalized spacial score (nSPS) is 14.6. The summed E-state index contributed by atoms with van der Waals surface area (Å²) in [5.41, 5.74) is 1.84. The van der Waals surface area contributed by atoms with E-state index in [1.165, 1.54) is 18.2 Å². The van der Waals surface area contributed by atoms with Crippen LogP contribution in [-0.2, 0) is 22.6 Å². The maximum absolute atomic E-state index is 13.8. The fourth-order valence-electron chi connectivity index (χ4n) is 4.68. The lowest BCUT2D eigenvalue weighted by molar-refractivity contribution is -0.139. The van der Waals surface area contributed by atoms with Crippen molar-refractivity contribution in [2.75, 3.05) is 5.75 Å². The van der Waals surface area contributed by atoms with Gasteiger partial charge in [-0.05, 0) is 48.2 Å². The third-order valence-electron chi connectivity index (χ3n) is 6.67. The van der Waals surface area contributed by atoms with Crippen LogP contribution in [0, 0.1) is 0 Å². The summed E-state index contributed by atoms with van der Waals surface area (Å²) in [5, 5.41) is 4.15. The lowest BCUT2D eigenvalue weighted by Gasteiger charge is -2.33. The average Bonchev–Trinajstić information content (AvgIpc) is 2.93. The highest BCUT2D eigenvalue weighted by Crippen LogP contribution is 2.26. The first-order chi connectivity index (χ1) is 18.0. The summed E-state index contributed by atoms with van der Waals surface area (Å²) in [6, 6.07) is 24.6. The van der Waals surface area contributed by atoms with Crippen molar-refractivity contribution in [1.82, 2.24) is 10.2 Å². The molecule has 194 valence electrons. The number of hydrogen-bond donors (Lipinski definition) is 1. The molecule has 1 atom stereocenters. The summed E-state index contributed by atoms with van der Waals surface area (Å²) in [4.78, 5) is 30.3. The fourth-order valence-corrected chi connectivity index (χ4v) is 5.80. The Kier molecular flexibility index (Phi) is 10.4. The van der Waals surface area contributed by atoms with Gasteiger partial charge in [-0.25, -0.2) is 0 Å². The molecule has 0 aliphatic heterocycles. The van der Waals surface area contributed by atoms with Gasteiger partial charge in [-0.3, -0.25) is 9.59 Å². The first-order valence-corrected chi connectivity index (χ1v) is 14.5. The van der Waals surface area contributed by atoms with Gasteiger partial charge in [-0.15, -0.1) is 11.8 Å². The third-order valence-corrected chi connectivity index (χ3v) is 8.40. The van der Waals surface area contributed by atoms with Crippen LogP contribution in [0.5, 0.6) is 0 Å². The molecule has 3 aromatic rings. The number of thioether (sulfide) groups is 1. The molecule has 0 saturated heterocycles. The van der Waals surface area contributed by atoms with E-state index in [9.17, 15) is 9.59 Å². The second-order valence-electron chi connectivity index (χ2n) is 9.42. The zero-order valence-corrected chi connectivity index (χ0v) is 23.1. The highest BCUT2D eigenvalue weighted by Gasteiger charge is 2.32. The van der Waals surface area contributed by atoms with Gasteiger partial charge in [0.15, 0.2) is 0 Å². The molecule has 1 saturated carbocycles. The summed E-state index contributed by atoms with van der Waals surface area (Å²) in [6.45, 7) is 0.265. The van der Waals surface area contributed by atoms with Gasteiger partial charge in [0.1, 0.15) is 6.04 Å². The monoisotopic (exact) mass is 554 g/mol. The Bertz CT molecular complexity index is 1170. The summed E-state index contributed by atoms with van der Waals surface area (Å²) in [5.74, 6) is 0.0291. The SMILES string of the molecule is O=C(NC1CCCCC1)[C@@H](Cc1ccccc1)N(Cc1ccc(Cl)c(Cl)c1)C(=O)CSc1ccccc1. The Morgan fingerprint density at radius 3 is 2.22 bits per heavy atom. The third kappa shape index (κ3) is 8.26. The van der Waals surface area contributed by atoms with Gasteiger partial charge >= 0.3 is 0 Å². The minimum absolute atomic E-state index is 0.0975. The zero-order valence-electron chi connectivity index (χ0n) is 20.7. The van der Waals surface area contributed by atoms with Gasteiger partial charge in [0.2, 0.25) is 11.8 Å². The second kappa shape index (κ2) is 13.9. The van der Waals surface area contributed by atoms with Crippen molar-refractivity contribution < 1.29 is 9.59 Å². The minimum atomic E-state index is -0.650. The van der Waals surface area contributed by atoms with Crippen LogP contribution in [-0.4, -0.2) is 34.6 Å². The molecular weight excluding hydrogens is 523 g/mol. The van der Waals surface area contributed by atoms with Crippen LogP contribution in [0.1, 0.15) is 43.2 Å². The predicted molar refractivity (Wildman–Crippen MR) is 153 cm³/mol. The Balaban J connectivity index is 1.62. The Hall–Kier alpha value is -2.47. The molecule has 1 N–H and O–H groups in total. The number of carbonyl (C=O) groups excluding carboxylic acids is 2. The van der Waals surface area contributed by atoms with Crippen molar-refractivity contribution in [3.63, 3.8) is 0 Å². The molecule has 0 unspecified atom stereocenters. The fraction of sp³-hybridized carbons (Fsp3) is 0.333. The van der Waals surface area contributed by atoms with E-state index >= 15 is 0 Å². The van der Waals surface area contributed by atoms with Crippen LogP contribution in [0.2, 0.25) is 10.0 Å². The van der Waals surface area contributed by atoms with E-state index in [0.717, 1.165) is 41.7 Å². The van der Waals surface area contributed by atoms with Crippen LogP contribution in [0.4, 0.5) is 0 Å². The molecule has 3 aromatic carbocycles. The lowest BCUT2D eigenvalue weighted by Crippen LogP contribution is -2.53. The van der Waals surface area contributed by atoms with Crippen molar-refractivity contribution in [3.8, 4) is 0 Å². The van der Waals surface area contributed by atoms with Crippen LogP contribution in [0.15, 0.2) is 83.8 Å². The van der Waals surface area contributed by atoms with E-state index in [2.05, 4.69) is 5.32 Å². The number of rotatable bonds is 10. The number of amides is 2. The van der Waals surface area contributed by atoms with Gasteiger partial charge in [0.05, 0.1) is 15.8 Å². The van der Waals surface area contributed by atoms with Gasteiger partial charge in [0, 0.05) is 23.9 Å². The van der Waals surface area contributed by atoms with Crippen molar-refractivity contribution in [2.24, 2.45) is 0 Å². The van der Waals surface area contributed by atoms with E-state index in [4.69, 9.17) is 23.2 Å². The Morgan fingerprint density at radius 1 is 0.865 bits per heavy atom. The number of halogens is 2. The van der Waals surface area contributed by atoms with Gasteiger partial charge in [-0.2, -0.15) is 0 Å². The van der Waals surface area contributed by atoms with Crippen LogP contribution < -0.4 is 5.32 Å². The molecular formula is C30H32Cl2N2O2S. The first kappa shape index (κ1) is 27.6. The Morgan fingerprint density at radius 2 is 1.54 bits per heavy atom. The summed E-state index contributed by atoms with van der Waals surface area (Å²) in [6.07, 6.45) is 5.84. The largest absolute Gasteiger partial charge is 0.352 e. The van der Waals surface area contributed by atoms with Crippen LogP contribution >= 0.6 is 35.0 Å². The maximum Gasteiger partial charge on any atom is 0.243 e. The van der Waals surface area contributed by atoms with E-state index in [1.807, 2.05) is 66.7 Å². The summed E-state index contributed by atoms with van der Waals surface area (Å²) < 4.78 is 0. The minimum Gasteiger partial charge on any atom is -0.352 e. The second-order valence-corrected chi connectivity index (χ2v) is 11.3. The number of hydrogen-bond acceptors (Lipinski definition) is 3. The summed E-state index contributed by atoms with van der Waals surface area (Å²) >= 11 is 13.9. The first-order valence-electron chi connectivity index (χ1n) is 12.7. The highest BCUT2D eigenvalue weighted by molar-refractivity contribution is 8.00. The Labute approximate surface area is 233 Å². The molecule has 37 heavy (non-hydrogen) atoms.